The van der Waals surface area contributed by atoms with Crippen LogP contribution in [-0.4, -0.2) is 41.5 Å². The second kappa shape index (κ2) is 11.5. The Morgan fingerprint density at radius 3 is 2.47 bits per heavy atom. The molecule has 2 aromatic rings. The lowest BCUT2D eigenvalue weighted by molar-refractivity contribution is 0.295. The first kappa shape index (κ1) is 22.9. The molecule has 1 heterocycles. The summed E-state index contributed by atoms with van der Waals surface area (Å²) < 4.78 is 16.4. The van der Waals surface area contributed by atoms with Gasteiger partial charge in [-0.15, -0.1) is 0 Å². The topological polar surface area (TPSA) is 90.8 Å². The Balaban J connectivity index is 2.19. The van der Waals surface area contributed by atoms with Crippen molar-refractivity contribution in [1.82, 2.24) is 15.0 Å². The highest BCUT2D eigenvalue weighted by molar-refractivity contribution is 5.79. The fourth-order valence-corrected chi connectivity index (χ4v) is 2.54. The highest BCUT2D eigenvalue weighted by Crippen LogP contribution is 2.27. The van der Waals surface area contributed by atoms with Crippen LogP contribution in [-0.2, 0) is 6.42 Å². The van der Waals surface area contributed by atoms with Crippen molar-refractivity contribution in [2.45, 2.75) is 34.1 Å². The number of rotatable bonds is 10. The quantitative estimate of drug-likeness (QED) is 0.354. The van der Waals surface area contributed by atoms with Crippen molar-refractivity contribution in [1.29, 1.82) is 0 Å². The first-order valence-electron chi connectivity index (χ1n) is 9.66. The zero-order valence-electron chi connectivity index (χ0n) is 18.4. The molecule has 0 aliphatic rings. The predicted octanol–water partition coefficient (Wildman–Crippen LogP) is 4.30. The maximum absolute atomic E-state index is 5.83. The number of nitrogens with zero attached hydrogens (tertiary/aromatic N) is 4. The van der Waals surface area contributed by atoms with Gasteiger partial charge in [0.25, 0.3) is 0 Å². The third-order valence-electron chi connectivity index (χ3n) is 3.98. The van der Waals surface area contributed by atoms with E-state index in [1.807, 2.05) is 64.1 Å². The lowest BCUT2D eigenvalue weighted by Gasteiger charge is -2.11. The molecule has 0 amide bonds. The van der Waals surface area contributed by atoms with Crippen LogP contribution in [0.15, 0.2) is 41.5 Å². The van der Waals surface area contributed by atoms with Gasteiger partial charge in [-0.3, -0.25) is 0 Å². The summed E-state index contributed by atoms with van der Waals surface area (Å²) in [6.45, 7) is 8.02. The van der Waals surface area contributed by atoms with Gasteiger partial charge in [0, 0.05) is 17.7 Å². The van der Waals surface area contributed by atoms with Gasteiger partial charge in [0.2, 0.25) is 5.95 Å². The molecule has 0 aliphatic heterocycles. The van der Waals surface area contributed by atoms with Gasteiger partial charge >= 0.3 is 6.01 Å². The molecule has 8 heteroatoms. The zero-order valence-corrected chi connectivity index (χ0v) is 18.4. The average Bonchev–Trinajstić information content (AvgIpc) is 2.75. The van der Waals surface area contributed by atoms with E-state index < -0.39 is 0 Å². The van der Waals surface area contributed by atoms with Crippen molar-refractivity contribution < 1.29 is 14.2 Å². The number of benzene rings is 1. The van der Waals surface area contributed by atoms with E-state index in [0.717, 1.165) is 16.8 Å². The molecule has 1 aromatic heterocycles. The SMILES string of the molecule is C/C=C\C(=C/C)c1nc(NN=C(C)C)nc(OCCc2ccc(OC)c(OC)c2)n1. The summed E-state index contributed by atoms with van der Waals surface area (Å²) in [6, 6.07) is 6.00. The minimum Gasteiger partial charge on any atom is -0.493 e. The summed E-state index contributed by atoms with van der Waals surface area (Å²) in [6.07, 6.45) is 6.45. The summed E-state index contributed by atoms with van der Waals surface area (Å²) in [5, 5.41) is 4.17. The summed E-state index contributed by atoms with van der Waals surface area (Å²) >= 11 is 0. The Labute approximate surface area is 177 Å². The molecule has 0 spiro atoms. The van der Waals surface area contributed by atoms with E-state index in [2.05, 4.69) is 25.5 Å². The molecule has 0 radical (unpaired) electrons. The fraction of sp³-hybridized carbons (Fsp3) is 0.364. The van der Waals surface area contributed by atoms with Crippen molar-refractivity contribution >= 4 is 17.2 Å². The number of allylic oxidation sites excluding steroid dienone is 4. The monoisotopic (exact) mass is 411 g/mol. The van der Waals surface area contributed by atoms with Crippen LogP contribution in [0.5, 0.6) is 17.5 Å². The number of methoxy groups -OCH3 is 2. The molecule has 0 fully saturated rings. The largest absolute Gasteiger partial charge is 0.493 e. The standard InChI is InChI=1S/C22H29N5O3/c1-7-9-17(8-2)20-23-21(27-26-15(3)4)25-22(24-20)30-13-12-16-10-11-18(28-5)19(14-16)29-6/h7-11,14H,12-13H2,1-6H3,(H,23,24,25,27)/b9-7-,17-8+. The Morgan fingerprint density at radius 1 is 1.07 bits per heavy atom. The van der Waals surface area contributed by atoms with Crippen molar-refractivity contribution in [3.8, 4) is 17.5 Å². The van der Waals surface area contributed by atoms with Gasteiger partial charge in [-0.1, -0.05) is 24.3 Å². The third-order valence-corrected chi connectivity index (χ3v) is 3.98. The molecular weight excluding hydrogens is 382 g/mol. The Morgan fingerprint density at radius 2 is 1.83 bits per heavy atom. The third kappa shape index (κ3) is 6.58. The van der Waals surface area contributed by atoms with E-state index in [-0.39, 0.29) is 6.01 Å². The molecule has 0 atom stereocenters. The van der Waals surface area contributed by atoms with Crippen LogP contribution in [0.2, 0.25) is 0 Å². The van der Waals surface area contributed by atoms with Gasteiger partial charge in [0.1, 0.15) is 0 Å². The van der Waals surface area contributed by atoms with Crippen LogP contribution in [0.25, 0.3) is 5.57 Å². The van der Waals surface area contributed by atoms with E-state index >= 15 is 0 Å². The molecule has 2 rings (SSSR count). The molecule has 0 saturated carbocycles. The van der Waals surface area contributed by atoms with Gasteiger partial charge in [-0.25, -0.2) is 5.43 Å². The van der Waals surface area contributed by atoms with Gasteiger partial charge in [0.05, 0.1) is 20.8 Å². The molecule has 160 valence electrons. The lowest BCUT2D eigenvalue weighted by atomic mass is 10.1. The summed E-state index contributed by atoms with van der Waals surface area (Å²) in [5.74, 6) is 2.21. The number of hydrazone groups is 1. The van der Waals surface area contributed by atoms with Crippen LogP contribution in [0.1, 0.15) is 39.1 Å². The normalized spacial score (nSPS) is 11.3. The number of anilines is 1. The lowest BCUT2D eigenvalue weighted by Crippen LogP contribution is -2.09. The van der Waals surface area contributed by atoms with Gasteiger partial charge in [0.15, 0.2) is 17.3 Å². The Bertz CT molecular complexity index is 934. The van der Waals surface area contributed by atoms with Gasteiger partial charge < -0.3 is 14.2 Å². The van der Waals surface area contributed by atoms with Crippen molar-refractivity contribution in [3.63, 3.8) is 0 Å². The summed E-state index contributed by atoms with van der Waals surface area (Å²) in [7, 11) is 3.23. The van der Waals surface area contributed by atoms with E-state index in [4.69, 9.17) is 14.2 Å². The second-order valence-corrected chi connectivity index (χ2v) is 6.47. The molecule has 0 saturated heterocycles. The maximum Gasteiger partial charge on any atom is 0.321 e. The van der Waals surface area contributed by atoms with E-state index in [1.54, 1.807) is 14.2 Å². The molecule has 1 aromatic carbocycles. The fourth-order valence-electron chi connectivity index (χ4n) is 2.54. The minimum absolute atomic E-state index is 0.232. The molecule has 0 bridgehead atoms. The predicted molar refractivity (Wildman–Crippen MR) is 119 cm³/mol. The summed E-state index contributed by atoms with van der Waals surface area (Å²) in [4.78, 5) is 13.2. The first-order chi connectivity index (χ1) is 14.5. The van der Waals surface area contributed by atoms with E-state index in [0.29, 0.717) is 36.3 Å². The second-order valence-electron chi connectivity index (χ2n) is 6.47. The Hall–Kier alpha value is -3.42. The highest BCUT2D eigenvalue weighted by atomic mass is 16.5. The van der Waals surface area contributed by atoms with Crippen LogP contribution in [0.4, 0.5) is 5.95 Å². The molecule has 0 aliphatic carbocycles. The van der Waals surface area contributed by atoms with Crippen molar-refractivity contribution in [2.75, 3.05) is 26.3 Å². The summed E-state index contributed by atoms with van der Waals surface area (Å²) in [5.41, 5.74) is 5.62. The number of ether oxygens (including phenoxy) is 3. The van der Waals surface area contributed by atoms with Crippen LogP contribution >= 0.6 is 0 Å². The van der Waals surface area contributed by atoms with Crippen molar-refractivity contribution in [3.05, 3.63) is 47.8 Å². The number of hydrogen-bond donors (Lipinski definition) is 1. The smallest absolute Gasteiger partial charge is 0.321 e. The average molecular weight is 412 g/mol. The number of hydrogen-bond acceptors (Lipinski definition) is 8. The molecule has 30 heavy (non-hydrogen) atoms. The van der Waals surface area contributed by atoms with Gasteiger partial charge in [-0.2, -0.15) is 20.1 Å². The molecule has 1 N–H and O–H groups in total. The molecule has 8 nitrogen and oxygen atoms in total. The van der Waals surface area contributed by atoms with E-state index in [1.165, 1.54) is 0 Å². The van der Waals surface area contributed by atoms with Crippen LogP contribution < -0.4 is 19.6 Å². The number of nitrogens with one attached hydrogen (secondary N) is 1. The van der Waals surface area contributed by atoms with Crippen LogP contribution in [0, 0.1) is 0 Å². The van der Waals surface area contributed by atoms with E-state index in [9.17, 15) is 0 Å². The zero-order chi connectivity index (χ0) is 21.9. The van der Waals surface area contributed by atoms with Crippen molar-refractivity contribution in [2.24, 2.45) is 5.10 Å². The first-order valence-corrected chi connectivity index (χ1v) is 9.66. The minimum atomic E-state index is 0.232. The Kier molecular flexibility index (Phi) is 8.80. The highest BCUT2D eigenvalue weighted by Gasteiger charge is 2.11. The number of aromatic nitrogens is 3. The van der Waals surface area contributed by atoms with Gasteiger partial charge in [-0.05, 0) is 45.4 Å². The molecular formula is C22H29N5O3. The maximum atomic E-state index is 5.83. The molecule has 0 unspecified atom stereocenters. The van der Waals surface area contributed by atoms with Crippen LogP contribution in [0.3, 0.4) is 0 Å².